The third-order valence-electron chi connectivity index (χ3n) is 4.14. The van der Waals surface area contributed by atoms with Gasteiger partial charge in [-0.3, -0.25) is 4.79 Å². The minimum Gasteiger partial charge on any atom is -0.389 e. The maximum atomic E-state index is 12.4. The molecule has 0 saturated carbocycles. The van der Waals surface area contributed by atoms with E-state index in [9.17, 15) is 9.90 Å². The van der Waals surface area contributed by atoms with Crippen LogP contribution in [0.1, 0.15) is 22.3 Å². The fraction of sp³-hybridized carbons (Fsp3) is 0.278. The van der Waals surface area contributed by atoms with Crippen LogP contribution >= 0.6 is 0 Å². The number of hydrogen-bond acceptors (Lipinski definition) is 5. The zero-order chi connectivity index (χ0) is 16.9. The van der Waals surface area contributed by atoms with E-state index in [2.05, 4.69) is 16.4 Å². The number of carbonyl (C=O) groups is 1. The van der Waals surface area contributed by atoms with E-state index in [4.69, 9.17) is 5.26 Å². The summed E-state index contributed by atoms with van der Waals surface area (Å²) in [6.45, 7) is 0.789. The highest BCUT2D eigenvalue weighted by molar-refractivity contribution is 5.94. The van der Waals surface area contributed by atoms with Crippen LogP contribution < -0.4 is 5.32 Å². The molecular weight excluding hydrogens is 304 g/mol. The Morgan fingerprint density at radius 1 is 1.29 bits per heavy atom. The number of nitriles is 1. The van der Waals surface area contributed by atoms with Crippen LogP contribution in [0.25, 0.3) is 0 Å². The molecule has 24 heavy (non-hydrogen) atoms. The average Bonchev–Trinajstić information content (AvgIpc) is 2.64. The number of likely N-dealkylation sites (tertiary alicyclic amines) is 1. The van der Waals surface area contributed by atoms with Crippen molar-refractivity contribution >= 4 is 11.7 Å². The molecule has 1 fully saturated rings. The summed E-state index contributed by atoms with van der Waals surface area (Å²) in [7, 11) is 0. The van der Waals surface area contributed by atoms with Crippen molar-refractivity contribution < 1.29 is 9.90 Å². The van der Waals surface area contributed by atoms with Gasteiger partial charge in [0, 0.05) is 24.8 Å². The molecule has 6 heteroatoms. The number of pyridine rings is 1. The van der Waals surface area contributed by atoms with Gasteiger partial charge in [0.2, 0.25) is 0 Å². The van der Waals surface area contributed by atoms with Crippen LogP contribution in [0.3, 0.4) is 0 Å². The minimum absolute atomic E-state index is 0.0800. The number of aliphatic hydroxyl groups is 1. The first-order valence-electron chi connectivity index (χ1n) is 7.83. The Morgan fingerprint density at radius 2 is 2.08 bits per heavy atom. The van der Waals surface area contributed by atoms with Gasteiger partial charge in [0.1, 0.15) is 11.9 Å². The molecule has 3 rings (SSSR count). The Labute approximate surface area is 140 Å². The second-order valence-electron chi connectivity index (χ2n) is 5.74. The molecule has 1 aromatic carbocycles. The standard InChI is InChI=1S/C18H18N4O2/c19-11-14-7-4-9-20-17(14)21-15-8-10-22(12-16(15)23)18(24)13-5-2-1-3-6-13/h1-7,9,15-16,23H,8,10,12H2,(H,20,21)/t15-,16-/m1/s1. The summed E-state index contributed by atoms with van der Waals surface area (Å²) in [6.07, 6.45) is 1.46. The number of anilines is 1. The maximum absolute atomic E-state index is 12.4. The number of aliphatic hydroxyl groups excluding tert-OH is 1. The van der Waals surface area contributed by atoms with Gasteiger partial charge in [0.25, 0.3) is 5.91 Å². The van der Waals surface area contributed by atoms with Crippen molar-refractivity contribution in [2.24, 2.45) is 0 Å². The summed E-state index contributed by atoms with van der Waals surface area (Å²) in [5, 5.41) is 22.6. The van der Waals surface area contributed by atoms with Gasteiger partial charge in [0.15, 0.2) is 0 Å². The number of piperidine rings is 1. The molecule has 122 valence electrons. The molecule has 2 atom stereocenters. The van der Waals surface area contributed by atoms with Crippen LogP contribution in [0.4, 0.5) is 5.82 Å². The Balaban J connectivity index is 1.65. The lowest BCUT2D eigenvalue weighted by Gasteiger charge is -2.36. The highest BCUT2D eigenvalue weighted by atomic mass is 16.3. The molecule has 1 aromatic heterocycles. The monoisotopic (exact) mass is 322 g/mol. The maximum Gasteiger partial charge on any atom is 0.253 e. The summed E-state index contributed by atoms with van der Waals surface area (Å²) >= 11 is 0. The predicted molar refractivity (Wildman–Crippen MR) is 89.3 cm³/mol. The zero-order valence-electron chi connectivity index (χ0n) is 13.1. The first-order chi connectivity index (χ1) is 11.7. The van der Waals surface area contributed by atoms with E-state index in [1.807, 2.05) is 18.2 Å². The molecular formula is C18H18N4O2. The second kappa shape index (κ2) is 7.11. The first kappa shape index (κ1) is 16.0. The van der Waals surface area contributed by atoms with Crippen molar-refractivity contribution in [2.45, 2.75) is 18.6 Å². The summed E-state index contributed by atoms with van der Waals surface area (Å²) in [5.74, 6) is 0.385. The van der Waals surface area contributed by atoms with Crippen molar-refractivity contribution in [1.82, 2.24) is 9.88 Å². The van der Waals surface area contributed by atoms with E-state index in [0.29, 0.717) is 29.9 Å². The van der Waals surface area contributed by atoms with E-state index in [-0.39, 0.29) is 18.5 Å². The number of rotatable bonds is 3. The van der Waals surface area contributed by atoms with Crippen molar-refractivity contribution in [3.63, 3.8) is 0 Å². The number of nitrogens with zero attached hydrogens (tertiary/aromatic N) is 3. The Morgan fingerprint density at radius 3 is 2.79 bits per heavy atom. The van der Waals surface area contributed by atoms with Gasteiger partial charge in [-0.15, -0.1) is 0 Å². The van der Waals surface area contributed by atoms with Gasteiger partial charge >= 0.3 is 0 Å². The lowest BCUT2D eigenvalue weighted by atomic mass is 10.0. The van der Waals surface area contributed by atoms with E-state index in [0.717, 1.165) is 0 Å². The predicted octanol–water partition coefficient (Wildman–Crippen LogP) is 1.64. The number of aromatic nitrogens is 1. The molecule has 2 heterocycles. The van der Waals surface area contributed by atoms with Gasteiger partial charge in [0.05, 0.1) is 17.7 Å². The fourth-order valence-corrected chi connectivity index (χ4v) is 2.83. The lowest BCUT2D eigenvalue weighted by molar-refractivity contribution is 0.0426. The number of β-amino-alcohol motifs (C(OH)–C–C–N with tert-alkyl or cyclic N) is 1. The van der Waals surface area contributed by atoms with Crippen molar-refractivity contribution in [1.29, 1.82) is 5.26 Å². The molecule has 0 radical (unpaired) electrons. The second-order valence-corrected chi connectivity index (χ2v) is 5.74. The summed E-state index contributed by atoms with van der Waals surface area (Å²) in [4.78, 5) is 18.3. The molecule has 1 aliphatic rings. The average molecular weight is 322 g/mol. The number of carbonyl (C=O) groups excluding carboxylic acids is 1. The summed E-state index contributed by atoms with van der Waals surface area (Å²) in [6, 6.07) is 14.3. The van der Waals surface area contributed by atoms with Gasteiger partial charge in [-0.2, -0.15) is 5.26 Å². The smallest absolute Gasteiger partial charge is 0.253 e. The first-order valence-corrected chi connectivity index (χ1v) is 7.83. The Bertz CT molecular complexity index is 757. The van der Waals surface area contributed by atoms with Crippen LogP contribution in [-0.4, -0.2) is 46.1 Å². The third kappa shape index (κ3) is 3.36. The van der Waals surface area contributed by atoms with E-state index in [1.54, 1.807) is 35.4 Å². The Hall–Kier alpha value is -2.91. The van der Waals surface area contributed by atoms with Crippen molar-refractivity contribution in [2.75, 3.05) is 18.4 Å². The zero-order valence-corrected chi connectivity index (χ0v) is 13.1. The highest BCUT2D eigenvalue weighted by Gasteiger charge is 2.31. The summed E-state index contributed by atoms with van der Waals surface area (Å²) in [5.41, 5.74) is 1.06. The molecule has 2 aromatic rings. The largest absolute Gasteiger partial charge is 0.389 e. The van der Waals surface area contributed by atoms with E-state index >= 15 is 0 Å². The lowest BCUT2D eigenvalue weighted by Crippen LogP contribution is -2.51. The van der Waals surface area contributed by atoms with Crippen molar-refractivity contribution in [3.8, 4) is 6.07 Å². The van der Waals surface area contributed by atoms with Gasteiger partial charge in [-0.05, 0) is 30.7 Å². The fourth-order valence-electron chi connectivity index (χ4n) is 2.83. The number of amides is 1. The molecule has 1 amide bonds. The molecule has 0 aliphatic carbocycles. The van der Waals surface area contributed by atoms with Crippen LogP contribution in [0.2, 0.25) is 0 Å². The third-order valence-corrected chi connectivity index (χ3v) is 4.14. The highest BCUT2D eigenvalue weighted by Crippen LogP contribution is 2.19. The summed E-state index contributed by atoms with van der Waals surface area (Å²) < 4.78 is 0. The Kier molecular flexibility index (Phi) is 4.73. The van der Waals surface area contributed by atoms with Crippen LogP contribution in [0.5, 0.6) is 0 Å². The van der Waals surface area contributed by atoms with Gasteiger partial charge in [-0.25, -0.2) is 4.98 Å². The number of hydrogen-bond donors (Lipinski definition) is 2. The van der Waals surface area contributed by atoms with Gasteiger partial charge < -0.3 is 15.3 Å². The quantitative estimate of drug-likeness (QED) is 0.897. The SMILES string of the molecule is N#Cc1cccnc1N[C@@H]1CCN(C(=O)c2ccccc2)C[C@H]1O. The van der Waals surface area contributed by atoms with Crippen LogP contribution in [0, 0.1) is 11.3 Å². The number of benzene rings is 1. The molecule has 2 N–H and O–H groups in total. The number of nitrogens with one attached hydrogen (secondary N) is 1. The molecule has 6 nitrogen and oxygen atoms in total. The van der Waals surface area contributed by atoms with E-state index < -0.39 is 6.10 Å². The molecule has 0 unspecified atom stereocenters. The molecule has 1 aliphatic heterocycles. The molecule has 0 spiro atoms. The van der Waals surface area contributed by atoms with Gasteiger partial charge in [-0.1, -0.05) is 18.2 Å². The topological polar surface area (TPSA) is 89.3 Å². The van der Waals surface area contributed by atoms with Crippen LogP contribution in [-0.2, 0) is 0 Å². The van der Waals surface area contributed by atoms with Crippen LogP contribution in [0.15, 0.2) is 48.7 Å². The minimum atomic E-state index is -0.722. The molecule has 0 bridgehead atoms. The normalized spacial score (nSPS) is 20.2. The van der Waals surface area contributed by atoms with E-state index in [1.165, 1.54) is 0 Å². The molecule has 1 saturated heterocycles. The van der Waals surface area contributed by atoms with Crippen molar-refractivity contribution in [3.05, 3.63) is 59.8 Å².